The van der Waals surface area contributed by atoms with Crippen molar-refractivity contribution in [1.82, 2.24) is 9.97 Å². The minimum atomic E-state index is -1.18. The SMILES string of the molecule is Oc1ccccc1C(O)c1nc2c(F)c(Cl)ccc2[nH]1. The third kappa shape index (κ3) is 2.01. The summed E-state index contributed by atoms with van der Waals surface area (Å²) in [7, 11) is 0. The van der Waals surface area contributed by atoms with Crippen LogP contribution in [-0.2, 0) is 0 Å². The van der Waals surface area contributed by atoms with E-state index in [1.54, 1.807) is 24.3 Å². The molecule has 0 saturated carbocycles. The lowest BCUT2D eigenvalue weighted by Gasteiger charge is -2.09. The van der Waals surface area contributed by atoms with E-state index in [1.165, 1.54) is 12.1 Å². The van der Waals surface area contributed by atoms with E-state index in [1.807, 2.05) is 0 Å². The zero-order valence-corrected chi connectivity index (χ0v) is 10.9. The van der Waals surface area contributed by atoms with E-state index in [0.717, 1.165) is 0 Å². The summed E-state index contributed by atoms with van der Waals surface area (Å²) < 4.78 is 13.8. The molecule has 1 aromatic heterocycles. The lowest BCUT2D eigenvalue weighted by molar-refractivity contribution is 0.207. The number of imidazole rings is 1. The molecule has 20 heavy (non-hydrogen) atoms. The van der Waals surface area contributed by atoms with Gasteiger partial charge in [-0.1, -0.05) is 29.8 Å². The zero-order chi connectivity index (χ0) is 14.3. The molecule has 0 spiro atoms. The number of aliphatic hydroxyl groups is 1. The molecule has 0 aliphatic heterocycles. The van der Waals surface area contributed by atoms with Crippen LogP contribution in [0, 0.1) is 5.82 Å². The van der Waals surface area contributed by atoms with Crippen LogP contribution in [0.2, 0.25) is 5.02 Å². The summed E-state index contributed by atoms with van der Waals surface area (Å²) in [4.78, 5) is 6.83. The van der Waals surface area contributed by atoms with Gasteiger partial charge in [-0.05, 0) is 18.2 Å². The predicted octanol–water partition coefficient (Wildman–Crippen LogP) is 3.14. The summed E-state index contributed by atoms with van der Waals surface area (Å²) in [6.45, 7) is 0. The van der Waals surface area contributed by atoms with Gasteiger partial charge in [-0.3, -0.25) is 0 Å². The molecule has 0 aliphatic rings. The predicted molar refractivity (Wildman–Crippen MR) is 73.2 cm³/mol. The molecule has 0 bridgehead atoms. The van der Waals surface area contributed by atoms with Crippen LogP contribution in [0.25, 0.3) is 11.0 Å². The standard InChI is InChI=1S/C14H10ClFN2O2/c15-8-5-6-9-12(11(8)16)18-14(17-9)13(20)7-3-1-2-4-10(7)19/h1-6,13,19-20H,(H,17,18). The molecule has 0 fully saturated rings. The van der Waals surface area contributed by atoms with Crippen LogP contribution in [0.4, 0.5) is 4.39 Å². The number of para-hydroxylation sites is 1. The molecule has 3 N–H and O–H groups in total. The largest absolute Gasteiger partial charge is 0.508 e. The smallest absolute Gasteiger partial charge is 0.169 e. The van der Waals surface area contributed by atoms with E-state index in [-0.39, 0.29) is 27.7 Å². The zero-order valence-electron chi connectivity index (χ0n) is 10.1. The highest BCUT2D eigenvalue weighted by molar-refractivity contribution is 6.31. The van der Waals surface area contributed by atoms with Crippen LogP contribution >= 0.6 is 11.6 Å². The second kappa shape index (κ2) is 4.77. The molecule has 1 unspecified atom stereocenters. The van der Waals surface area contributed by atoms with Gasteiger partial charge in [-0.2, -0.15) is 0 Å². The molecule has 1 atom stereocenters. The maximum absolute atomic E-state index is 13.8. The second-order valence-electron chi connectivity index (χ2n) is 4.34. The van der Waals surface area contributed by atoms with Crippen molar-refractivity contribution in [2.75, 3.05) is 0 Å². The van der Waals surface area contributed by atoms with E-state index >= 15 is 0 Å². The molecule has 0 saturated heterocycles. The van der Waals surface area contributed by atoms with Crippen LogP contribution < -0.4 is 0 Å². The average Bonchev–Trinajstić information content (AvgIpc) is 2.88. The molecule has 1 heterocycles. The van der Waals surface area contributed by atoms with E-state index in [2.05, 4.69) is 9.97 Å². The number of aromatic amines is 1. The molecule has 0 aliphatic carbocycles. The Labute approximate surface area is 118 Å². The van der Waals surface area contributed by atoms with Gasteiger partial charge in [-0.15, -0.1) is 0 Å². The number of fused-ring (bicyclic) bond motifs is 1. The summed E-state index contributed by atoms with van der Waals surface area (Å²) in [5.74, 6) is -0.558. The summed E-state index contributed by atoms with van der Waals surface area (Å²) in [5.41, 5.74) is 0.774. The number of aromatic hydroxyl groups is 1. The summed E-state index contributed by atoms with van der Waals surface area (Å²) in [6.07, 6.45) is -1.18. The Morgan fingerprint density at radius 2 is 1.95 bits per heavy atom. The van der Waals surface area contributed by atoms with Crippen molar-refractivity contribution in [3.63, 3.8) is 0 Å². The fourth-order valence-corrected chi connectivity index (χ4v) is 2.18. The Morgan fingerprint density at radius 1 is 1.20 bits per heavy atom. The van der Waals surface area contributed by atoms with Gasteiger partial charge in [0.15, 0.2) is 5.82 Å². The van der Waals surface area contributed by atoms with Crippen LogP contribution in [0.1, 0.15) is 17.5 Å². The molecule has 2 aromatic carbocycles. The molecule has 0 amide bonds. The third-order valence-electron chi connectivity index (χ3n) is 3.05. The van der Waals surface area contributed by atoms with E-state index in [0.29, 0.717) is 5.52 Å². The topological polar surface area (TPSA) is 69.1 Å². The van der Waals surface area contributed by atoms with Crippen LogP contribution in [0.3, 0.4) is 0 Å². The maximum atomic E-state index is 13.8. The van der Waals surface area contributed by atoms with Crippen molar-refractivity contribution in [1.29, 1.82) is 0 Å². The number of aromatic nitrogens is 2. The Kier molecular flexibility index (Phi) is 3.08. The highest BCUT2D eigenvalue weighted by Crippen LogP contribution is 2.30. The Hall–Kier alpha value is -2.11. The van der Waals surface area contributed by atoms with Gasteiger partial charge in [0, 0.05) is 5.56 Å². The number of nitrogens with one attached hydrogen (secondary N) is 1. The average molecular weight is 293 g/mol. The number of hydrogen-bond donors (Lipinski definition) is 3. The number of benzene rings is 2. The number of nitrogens with zero attached hydrogens (tertiary/aromatic N) is 1. The highest BCUT2D eigenvalue weighted by atomic mass is 35.5. The van der Waals surface area contributed by atoms with Gasteiger partial charge < -0.3 is 15.2 Å². The van der Waals surface area contributed by atoms with E-state index in [4.69, 9.17) is 11.6 Å². The van der Waals surface area contributed by atoms with Gasteiger partial charge in [0.25, 0.3) is 0 Å². The fourth-order valence-electron chi connectivity index (χ4n) is 2.03. The first-order valence-corrected chi connectivity index (χ1v) is 6.25. The third-order valence-corrected chi connectivity index (χ3v) is 3.35. The lowest BCUT2D eigenvalue weighted by atomic mass is 10.1. The Bertz CT molecular complexity index is 788. The van der Waals surface area contributed by atoms with Crippen LogP contribution in [0.15, 0.2) is 36.4 Å². The van der Waals surface area contributed by atoms with Gasteiger partial charge in [0.2, 0.25) is 0 Å². The van der Waals surface area contributed by atoms with Gasteiger partial charge in [0.05, 0.1) is 10.5 Å². The summed E-state index contributed by atoms with van der Waals surface area (Å²) >= 11 is 5.69. The number of aliphatic hydroxyl groups excluding tert-OH is 1. The molecule has 3 rings (SSSR count). The van der Waals surface area contributed by atoms with E-state index < -0.39 is 11.9 Å². The first kappa shape index (κ1) is 12.9. The van der Waals surface area contributed by atoms with Gasteiger partial charge in [-0.25, -0.2) is 9.37 Å². The van der Waals surface area contributed by atoms with Crippen LogP contribution in [0.5, 0.6) is 5.75 Å². The summed E-state index contributed by atoms with van der Waals surface area (Å²) in [6, 6.07) is 9.33. The number of H-pyrrole nitrogens is 1. The van der Waals surface area contributed by atoms with Crippen molar-refractivity contribution in [2.24, 2.45) is 0 Å². The number of phenolic OH excluding ortho intramolecular Hbond substituents is 1. The first-order chi connectivity index (χ1) is 9.58. The number of hydrogen-bond acceptors (Lipinski definition) is 3. The molecule has 102 valence electrons. The van der Waals surface area contributed by atoms with Gasteiger partial charge >= 0.3 is 0 Å². The van der Waals surface area contributed by atoms with Gasteiger partial charge in [0.1, 0.15) is 23.2 Å². The first-order valence-electron chi connectivity index (χ1n) is 5.87. The lowest BCUT2D eigenvalue weighted by Crippen LogP contribution is -2.02. The van der Waals surface area contributed by atoms with Crippen molar-refractivity contribution >= 4 is 22.6 Å². The minimum absolute atomic E-state index is 0.0346. The fraction of sp³-hybridized carbons (Fsp3) is 0.0714. The monoisotopic (exact) mass is 292 g/mol. The number of phenols is 1. The molecule has 0 radical (unpaired) electrons. The number of rotatable bonds is 2. The highest BCUT2D eigenvalue weighted by Gasteiger charge is 2.19. The van der Waals surface area contributed by atoms with E-state index in [9.17, 15) is 14.6 Å². The summed E-state index contributed by atoms with van der Waals surface area (Å²) in [5, 5.41) is 19.9. The normalized spacial score (nSPS) is 12.8. The number of halogens is 2. The Balaban J connectivity index is 2.11. The van der Waals surface area contributed by atoms with Crippen molar-refractivity contribution < 1.29 is 14.6 Å². The molecular formula is C14H10ClFN2O2. The Morgan fingerprint density at radius 3 is 2.70 bits per heavy atom. The molecule has 6 heteroatoms. The van der Waals surface area contributed by atoms with Crippen molar-refractivity contribution in [3.05, 3.63) is 58.6 Å². The maximum Gasteiger partial charge on any atom is 0.169 e. The molecule has 4 nitrogen and oxygen atoms in total. The van der Waals surface area contributed by atoms with Crippen LogP contribution in [-0.4, -0.2) is 20.2 Å². The second-order valence-corrected chi connectivity index (χ2v) is 4.75. The van der Waals surface area contributed by atoms with Crippen molar-refractivity contribution in [3.8, 4) is 5.75 Å². The van der Waals surface area contributed by atoms with Crippen molar-refractivity contribution in [2.45, 2.75) is 6.10 Å². The molecule has 3 aromatic rings. The minimum Gasteiger partial charge on any atom is -0.508 e. The quantitative estimate of drug-likeness (QED) is 0.679. The molecular weight excluding hydrogens is 283 g/mol.